The molecule has 0 aliphatic carbocycles. The standard InChI is InChI=1S/C17H23N/c1-5-12-18-14(4)6-11-17(18)16-9-7-15(8-10-16)13(2)3/h6-11,13H,5,12H2,1-4H3. The van der Waals surface area contributed by atoms with Gasteiger partial charge in [0, 0.05) is 17.9 Å². The summed E-state index contributed by atoms with van der Waals surface area (Å²) in [5.41, 5.74) is 5.41. The molecular formula is C17H23N. The molecule has 1 heterocycles. The van der Waals surface area contributed by atoms with E-state index >= 15 is 0 Å². The van der Waals surface area contributed by atoms with Crippen molar-refractivity contribution in [3.63, 3.8) is 0 Å². The Morgan fingerprint density at radius 1 is 1.00 bits per heavy atom. The second-order valence-electron chi connectivity index (χ2n) is 5.29. The number of hydrogen-bond donors (Lipinski definition) is 0. The third-order valence-electron chi connectivity index (χ3n) is 3.52. The van der Waals surface area contributed by atoms with E-state index in [1.165, 1.54) is 28.9 Å². The fraction of sp³-hybridized carbons (Fsp3) is 0.412. The van der Waals surface area contributed by atoms with Crippen LogP contribution in [0.5, 0.6) is 0 Å². The van der Waals surface area contributed by atoms with Crippen LogP contribution in [0.1, 0.15) is 44.4 Å². The maximum Gasteiger partial charge on any atom is 0.0482 e. The van der Waals surface area contributed by atoms with E-state index in [0.29, 0.717) is 5.92 Å². The number of benzene rings is 1. The van der Waals surface area contributed by atoms with Crippen LogP contribution in [-0.4, -0.2) is 4.57 Å². The Labute approximate surface area is 110 Å². The molecule has 0 spiro atoms. The van der Waals surface area contributed by atoms with Crippen molar-refractivity contribution in [2.75, 3.05) is 0 Å². The number of aryl methyl sites for hydroxylation is 1. The number of hydrogen-bond acceptors (Lipinski definition) is 0. The van der Waals surface area contributed by atoms with Gasteiger partial charge in [-0.1, -0.05) is 45.0 Å². The van der Waals surface area contributed by atoms with E-state index in [4.69, 9.17) is 0 Å². The summed E-state index contributed by atoms with van der Waals surface area (Å²) >= 11 is 0. The van der Waals surface area contributed by atoms with Crippen LogP contribution >= 0.6 is 0 Å². The predicted octanol–water partition coefficient (Wildman–Crippen LogP) is 5.00. The minimum Gasteiger partial charge on any atom is -0.345 e. The van der Waals surface area contributed by atoms with Gasteiger partial charge in [-0.05, 0) is 42.5 Å². The van der Waals surface area contributed by atoms with Gasteiger partial charge < -0.3 is 4.57 Å². The molecule has 0 atom stereocenters. The van der Waals surface area contributed by atoms with Crippen LogP contribution in [-0.2, 0) is 6.54 Å². The summed E-state index contributed by atoms with van der Waals surface area (Å²) < 4.78 is 2.41. The first kappa shape index (κ1) is 12.9. The fourth-order valence-electron chi connectivity index (χ4n) is 2.38. The molecule has 18 heavy (non-hydrogen) atoms. The lowest BCUT2D eigenvalue weighted by Crippen LogP contribution is -2.01. The van der Waals surface area contributed by atoms with Crippen molar-refractivity contribution in [1.29, 1.82) is 0 Å². The zero-order valence-corrected chi connectivity index (χ0v) is 11.9. The Kier molecular flexibility index (Phi) is 3.90. The summed E-state index contributed by atoms with van der Waals surface area (Å²) in [5.74, 6) is 0.600. The van der Waals surface area contributed by atoms with Gasteiger partial charge in [0.25, 0.3) is 0 Å². The molecule has 1 aromatic heterocycles. The molecule has 1 nitrogen and oxygen atoms in total. The largest absolute Gasteiger partial charge is 0.345 e. The third-order valence-corrected chi connectivity index (χ3v) is 3.52. The highest BCUT2D eigenvalue weighted by Gasteiger charge is 2.07. The van der Waals surface area contributed by atoms with Crippen molar-refractivity contribution in [3.05, 3.63) is 47.7 Å². The van der Waals surface area contributed by atoms with Crippen molar-refractivity contribution in [1.82, 2.24) is 4.57 Å². The van der Waals surface area contributed by atoms with Crippen LogP contribution in [0.2, 0.25) is 0 Å². The molecule has 0 aliphatic rings. The average Bonchev–Trinajstić information content (AvgIpc) is 2.72. The number of rotatable bonds is 4. The van der Waals surface area contributed by atoms with Gasteiger partial charge in [-0.25, -0.2) is 0 Å². The summed E-state index contributed by atoms with van der Waals surface area (Å²) in [6, 6.07) is 13.4. The molecule has 0 saturated carbocycles. The Morgan fingerprint density at radius 2 is 1.67 bits per heavy atom. The van der Waals surface area contributed by atoms with Gasteiger partial charge >= 0.3 is 0 Å². The highest BCUT2D eigenvalue weighted by atomic mass is 15.0. The van der Waals surface area contributed by atoms with Crippen LogP contribution in [0, 0.1) is 6.92 Å². The molecule has 0 fully saturated rings. The molecule has 0 bridgehead atoms. The average molecular weight is 241 g/mol. The summed E-state index contributed by atoms with van der Waals surface area (Å²) in [7, 11) is 0. The maximum absolute atomic E-state index is 2.41. The van der Waals surface area contributed by atoms with E-state index in [-0.39, 0.29) is 0 Å². The molecule has 0 unspecified atom stereocenters. The Balaban J connectivity index is 2.36. The van der Waals surface area contributed by atoms with E-state index in [9.17, 15) is 0 Å². The van der Waals surface area contributed by atoms with Crippen molar-refractivity contribution < 1.29 is 0 Å². The predicted molar refractivity (Wildman–Crippen MR) is 79.0 cm³/mol. The van der Waals surface area contributed by atoms with Crippen molar-refractivity contribution in [2.24, 2.45) is 0 Å². The molecule has 1 aromatic carbocycles. The minimum atomic E-state index is 0.600. The van der Waals surface area contributed by atoms with Gasteiger partial charge in [-0.3, -0.25) is 0 Å². The zero-order chi connectivity index (χ0) is 13.1. The molecule has 0 aliphatic heterocycles. The van der Waals surface area contributed by atoms with Gasteiger partial charge in [0.1, 0.15) is 0 Å². The van der Waals surface area contributed by atoms with Crippen LogP contribution < -0.4 is 0 Å². The van der Waals surface area contributed by atoms with Crippen LogP contribution in [0.3, 0.4) is 0 Å². The lowest BCUT2D eigenvalue weighted by atomic mass is 10.0. The molecule has 0 radical (unpaired) electrons. The molecule has 96 valence electrons. The van der Waals surface area contributed by atoms with E-state index in [1.807, 2.05) is 0 Å². The number of nitrogens with zero attached hydrogens (tertiary/aromatic N) is 1. The van der Waals surface area contributed by atoms with Gasteiger partial charge in [-0.15, -0.1) is 0 Å². The highest BCUT2D eigenvalue weighted by Crippen LogP contribution is 2.25. The second kappa shape index (κ2) is 5.43. The van der Waals surface area contributed by atoms with Gasteiger partial charge in [0.05, 0.1) is 0 Å². The summed E-state index contributed by atoms with van der Waals surface area (Å²) in [6.45, 7) is 9.98. The van der Waals surface area contributed by atoms with E-state index in [1.54, 1.807) is 0 Å². The van der Waals surface area contributed by atoms with Gasteiger partial charge in [0.15, 0.2) is 0 Å². The van der Waals surface area contributed by atoms with E-state index < -0.39 is 0 Å². The first-order valence-electron chi connectivity index (χ1n) is 6.90. The molecule has 1 heteroatoms. The molecular weight excluding hydrogens is 218 g/mol. The van der Waals surface area contributed by atoms with Crippen molar-refractivity contribution in [2.45, 2.75) is 46.6 Å². The highest BCUT2D eigenvalue weighted by molar-refractivity contribution is 5.61. The summed E-state index contributed by atoms with van der Waals surface area (Å²) in [5, 5.41) is 0. The van der Waals surface area contributed by atoms with Crippen LogP contribution in [0.4, 0.5) is 0 Å². The lowest BCUT2D eigenvalue weighted by Gasteiger charge is -2.12. The molecule has 0 N–H and O–H groups in total. The summed E-state index contributed by atoms with van der Waals surface area (Å²) in [4.78, 5) is 0. The van der Waals surface area contributed by atoms with E-state index in [2.05, 4.69) is 68.7 Å². The molecule has 2 aromatic rings. The normalized spacial score (nSPS) is 11.2. The second-order valence-corrected chi connectivity index (χ2v) is 5.29. The Hall–Kier alpha value is -1.50. The monoisotopic (exact) mass is 241 g/mol. The Bertz CT molecular complexity index is 503. The SMILES string of the molecule is CCCn1c(C)ccc1-c1ccc(C(C)C)cc1. The van der Waals surface area contributed by atoms with Crippen molar-refractivity contribution in [3.8, 4) is 11.3 Å². The van der Waals surface area contributed by atoms with Gasteiger partial charge in [-0.2, -0.15) is 0 Å². The first-order chi connectivity index (χ1) is 8.63. The number of aromatic nitrogens is 1. The lowest BCUT2D eigenvalue weighted by molar-refractivity contribution is 0.672. The minimum absolute atomic E-state index is 0.600. The van der Waals surface area contributed by atoms with E-state index in [0.717, 1.165) is 6.54 Å². The topological polar surface area (TPSA) is 4.93 Å². The van der Waals surface area contributed by atoms with Crippen molar-refractivity contribution >= 4 is 0 Å². The van der Waals surface area contributed by atoms with Crippen LogP contribution in [0.25, 0.3) is 11.3 Å². The Morgan fingerprint density at radius 3 is 2.22 bits per heavy atom. The fourth-order valence-corrected chi connectivity index (χ4v) is 2.38. The van der Waals surface area contributed by atoms with Crippen LogP contribution in [0.15, 0.2) is 36.4 Å². The smallest absolute Gasteiger partial charge is 0.0482 e. The third kappa shape index (κ3) is 2.50. The van der Waals surface area contributed by atoms with Gasteiger partial charge in [0.2, 0.25) is 0 Å². The maximum atomic E-state index is 2.41. The molecule has 0 amide bonds. The first-order valence-corrected chi connectivity index (χ1v) is 6.90. The molecule has 0 saturated heterocycles. The quantitative estimate of drug-likeness (QED) is 0.710. The molecule has 2 rings (SSSR count). The zero-order valence-electron chi connectivity index (χ0n) is 11.9. The summed E-state index contributed by atoms with van der Waals surface area (Å²) in [6.07, 6.45) is 1.17.